The number of hydrogen-bond acceptors (Lipinski definition) is 3. The fourth-order valence-corrected chi connectivity index (χ4v) is 3.00. The molecule has 126 valence electrons. The van der Waals surface area contributed by atoms with Gasteiger partial charge in [-0.25, -0.2) is 4.39 Å². The Kier molecular flexibility index (Phi) is 5.15. The quantitative estimate of drug-likeness (QED) is 0.851. The first-order valence-electron chi connectivity index (χ1n) is 8.01. The van der Waals surface area contributed by atoms with E-state index in [1.54, 1.807) is 0 Å². The van der Waals surface area contributed by atoms with Crippen molar-refractivity contribution in [1.82, 2.24) is 0 Å². The molecule has 0 radical (unpaired) electrons. The van der Waals surface area contributed by atoms with Gasteiger partial charge in [0.2, 0.25) is 0 Å². The molecule has 0 bridgehead atoms. The van der Waals surface area contributed by atoms with Gasteiger partial charge in [-0.2, -0.15) is 0 Å². The van der Waals surface area contributed by atoms with Crippen LogP contribution in [0.2, 0.25) is 0 Å². The second-order valence-corrected chi connectivity index (χ2v) is 6.21. The monoisotopic (exact) mass is 320 g/mol. The van der Waals surface area contributed by atoms with Crippen molar-refractivity contribution >= 4 is 11.1 Å². The van der Waals surface area contributed by atoms with Crippen LogP contribution >= 0.6 is 0 Å². The Morgan fingerprint density at radius 1 is 1.30 bits per heavy atom. The van der Waals surface area contributed by atoms with E-state index in [0.29, 0.717) is 29.9 Å². The molecule has 1 N–H and O–H groups in total. The number of benzene rings is 1. The lowest BCUT2D eigenvalue weighted by atomic mass is 9.91. The van der Waals surface area contributed by atoms with E-state index in [1.165, 1.54) is 0 Å². The molecule has 0 aliphatic carbocycles. The molecule has 0 atom stereocenters. The molecule has 4 heteroatoms. The third kappa shape index (κ3) is 3.58. The van der Waals surface area contributed by atoms with Crippen LogP contribution in [0.15, 0.2) is 24.0 Å². The van der Waals surface area contributed by atoms with Crippen molar-refractivity contribution in [3.63, 3.8) is 0 Å². The zero-order valence-electron chi connectivity index (χ0n) is 14.5. The molecule has 23 heavy (non-hydrogen) atoms. The van der Waals surface area contributed by atoms with Gasteiger partial charge in [-0.1, -0.05) is 6.92 Å². The lowest BCUT2D eigenvalue weighted by Gasteiger charge is -2.31. The highest BCUT2D eigenvalue weighted by atomic mass is 19.1. The number of hydrogen-bond donors (Lipinski definition) is 1. The Morgan fingerprint density at radius 2 is 2.00 bits per heavy atom. The first kappa shape index (κ1) is 17.5. The summed E-state index contributed by atoms with van der Waals surface area (Å²) < 4.78 is 25.8. The van der Waals surface area contributed by atoms with Crippen molar-refractivity contribution in [2.24, 2.45) is 0 Å². The molecule has 0 saturated heterocycles. The summed E-state index contributed by atoms with van der Waals surface area (Å²) >= 11 is 0. The normalized spacial score (nSPS) is 16.9. The van der Waals surface area contributed by atoms with Crippen LogP contribution in [-0.4, -0.2) is 23.9 Å². The van der Waals surface area contributed by atoms with Crippen molar-refractivity contribution in [3.8, 4) is 11.5 Å². The van der Waals surface area contributed by atoms with E-state index >= 15 is 0 Å². The highest BCUT2D eigenvalue weighted by Gasteiger charge is 2.27. The van der Waals surface area contributed by atoms with Gasteiger partial charge in [-0.15, -0.1) is 0 Å². The highest BCUT2D eigenvalue weighted by molar-refractivity contribution is 5.80. The third-order valence-electron chi connectivity index (χ3n) is 3.89. The number of aliphatic hydroxyl groups is 1. The summed E-state index contributed by atoms with van der Waals surface area (Å²) in [5.74, 6) is 0.798. The van der Waals surface area contributed by atoms with Crippen molar-refractivity contribution in [3.05, 3.63) is 35.2 Å². The molecule has 1 heterocycles. The zero-order chi connectivity index (χ0) is 17.2. The summed E-state index contributed by atoms with van der Waals surface area (Å²) in [5, 5.41) is 9.17. The Morgan fingerprint density at radius 3 is 2.57 bits per heavy atom. The second-order valence-electron chi connectivity index (χ2n) is 6.21. The van der Waals surface area contributed by atoms with Crippen LogP contribution in [0.4, 0.5) is 4.39 Å². The van der Waals surface area contributed by atoms with Gasteiger partial charge in [-0.05, 0) is 57.4 Å². The van der Waals surface area contributed by atoms with Crippen molar-refractivity contribution in [2.45, 2.75) is 46.6 Å². The van der Waals surface area contributed by atoms with E-state index in [2.05, 4.69) is 6.08 Å². The minimum absolute atomic E-state index is 0.387. The van der Waals surface area contributed by atoms with Crippen LogP contribution in [0.25, 0.3) is 11.1 Å². The maximum absolute atomic E-state index is 14.1. The standard InChI is InChI=1S/C19H25FO3/c1-6-13(16(20)11-21)15-8-14-12(3)10-19(4,5)23-18(14)9-17(15)22-7-2/h8-10,21H,6-7,11H2,1-5H3/b16-13+. The first-order chi connectivity index (χ1) is 10.8. The summed E-state index contributed by atoms with van der Waals surface area (Å²) in [7, 11) is 0. The van der Waals surface area contributed by atoms with Gasteiger partial charge >= 0.3 is 0 Å². The lowest BCUT2D eigenvalue weighted by Crippen LogP contribution is -2.28. The number of rotatable bonds is 5. The number of allylic oxidation sites excluding steroid dienone is 2. The van der Waals surface area contributed by atoms with Gasteiger partial charge in [0, 0.05) is 17.2 Å². The fourth-order valence-electron chi connectivity index (χ4n) is 3.00. The number of aliphatic hydroxyl groups excluding tert-OH is 1. The van der Waals surface area contributed by atoms with Crippen LogP contribution in [0.3, 0.4) is 0 Å². The predicted octanol–water partition coefficient (Wildman–Crippen LogP) is 4.74. The van der Waals surface area contributed by atoms with E-state index in [0.717, 1.165) is 16.9 Å². The molecule has 0 aromatic heterocycles. The first-order valence-corrected chi connectivity index (χ1v) is 8.01. The molecule has 0 saturated carbocycles. The van der Waals surface area contributed by atoms with Gasteiger partial charge in [0.05, 0.1) is 13.2 Å². The molecule has 1 aliphatic heterocycles. The lowest BCUT2D eigenvalue weighted by molar-refractivity contribution is 0.157. The molecule has 0 amide bonds. The molecular formula is C19H25FO3. The average Bonchev–Trinajstić information content (AvgIpc) is 2.47. The van der Waals surface area contributed by atoms with E-state index < -0.39 is 12.4 Å². The SMILES string of the molecule is CCOc1cc2c(cc1/C(CC)=C(/F)CO)C(C)=CC(C)(C)O2. The Hall–Kier alpha value is -1.81. The van der Waals surface area contributed by atoms with Gasteiger partial charge in [-0.3, -0.25) is 0 Å². The second kappa shape index (κ2) is 6.75. The molecular weight excluding hydrogens is 295 g/mol. The van der Waals surface area contributed by atoms with Crippen LogP contribution in [0, 0.1) is 0 Å². The molecule has 2 rings (SSSR count). The highest BCUT2D eigenvalue weighted by Crippen LogP contribution is 2.43. The van der Waals surface area contributed by atoms with Crippen LogP contribution in [0.5, 0.6) is 11.5 Å². The average molecular weight is 320 g/mol. The molecule has 3 nitrogen and oxygen atoms in total. The molecule has 1 aromatic carbocycles. The smallest absolute Gasteiger partial charge is 0.131 e. The Bertz CT molecular complexity index is 657. The Labute approximate surface area is 137 Å². The van der Waals surface area contributed by atoms with Crippen LogP contribution in [-0.2, 0) is 0 Å². The summed E-state index contributed by atoms with van der Waals surface area (Å²) in [4.78, 5) is 0. The van der Waals surface area contributed by atoms with Gasteiger partial charge in [0.15, 0.2) is 0 Å². The maximum Gasteiger partial charge on any atom is 0.131 e. The molecule has 0 fully saturated rings. The maximum atomic E-state index is 14.1. The number of ether oxygens (including phenoxy) is 2. The van der Waals surface area contributed by atoms with Crippen LogP contribution < -0.4 is 9.47 Å². The summed E-state index contributed by atoms with van der Waals surface area (Å²) in [6, 6.07) is 3.72. The van der Waals surface area contributed by atoms with E-state index in [4.69, 9.17) is 14.6 Å². The van der Waals surface area contributed by atoms with Gasteiger partial charge < -0.3 is 14.6 Å². The molecule has 1 aliphatic rings. The topological polar surface area (TPSA) is 38.7 Å². The van der Waals surface area contributed by atoms with Crippen molar-refractivity contribution < 1.29 is 19.0 Å². The molecule has 0 spiro atoms. The third-order valence-corrected chi connectivity index (χ3v) is 3.89. The van der Waals surface area contributed by atoms with Crippen molar-refractivity contribution in [1.29, 1.82) is 0 Å². The van der Waals surface area contributed by atoms with E-state index in [-0.39, 0.29) is 5.60 Å². The number of fused-ring (bicyclic) bond motifs is 1. The largest absolute Gasteiger partial charge is 0.493 e. The molecule has 0 unspecified atom stereocenters. The van der Waals surface area contributed by atoms with Gasteiger partial charge in [0.1, 0.15) is 22.9 Å². The van der Waals surface area contributed by atoms with E-state index in [1.807, 2.05) is 46.8 Å². The number of halogens is 1. The van der Waals surface area contributed by atoms with Crippen molar-refractivity contribution in [2.75, 3.05) is 13.2 Å². The van der Waals surface area contributed by atoms with Crippen LogP contribution in [0.1, 0.15) is 52.2 Å². The predicted molar refractivity (Wildman–Crippen MR) is 91.4 cm³/mol. The minimum Gasteiger partial charge on any atom is -0.493 e. The summed E-state index contributed by atoms with van der Waals surface area (Å²) in [5.41, 5.74) is 2.77. The Balaban J connectivity index is 2.67. The van der Waals surface area contributed by atoms with Gasteiger partial charge in [0.25, 0.3) is 0 Å². The summed E-state index contributed by atoms with van der Waals surface area (Å²) in [6.45, 7) is 9.63. The van der Waals surface area contributed by atoms with E-state index in [9.17, 15) is 4.39 Å². The molecule has 1 aromatic rings. The summed E-state index contributed by atoms with van der Waals surface area (Å²) in [6.07, 6.45) is 2.53. The zero-order valence-corrected chi connectivity index (χ0v) is 14.5. The minimum atomic E-state index is -0.607. The fraction of sp³-hybridized carbons (Fsp3) is 0.474.